The van der Waals surface area contributed by atoms with E-state index >= 15 is 0 Å². The van der Waals surface area contributed by atoms with Crippen LogP contribution in [-0.4, -0.2) is 12.2 Å². The maximum atomic E-state index is 13.7. The molecule has 0 unspecified atom stereocenters. The smallest absolute Gasteiger partial charge is 0.126 e. The van der Waals surface area contributed by atoms with Gasteiger partial charge in [-0.1, -0.05) is 0 Å². The van der Waals surface area contributed by atoms with Crippen molar-refractivity contribution in [2.24, 2.45) is 0 Å². The summed E-state index contributed by atoms with van der Waals surface area (Å²) in [5.74, 6) is -0.662. The third-order valence-electron chi connectivity index (χ3n) is 3.33. The predicted molar refractivity (Wildman–Crippen MR) is 76.2 cm³/mol. The Labute approximate surface area is 117 Å². The highest BCUT2D eigenvalue weighted by Crippen LogP contribution is 2.32. The largest absolute Gasteiger partial charge is 0.389 e. The van der Waals surface area contributed by atoms with E-state index in [9.17, 15) is 13.9 Å². The number of halogens is 2. The fraction of sp³-hybridized carbons (Fsp3) is 0.250. The molecule has 0 spiro atoms. The van der Waals surface area contributed by atoms with Gasteiger partial charge in [0, 0.05) is 24.0 Å². The Morgan fingerprint density at radius 2 is 1.70 bits per heavy atom. The Morgan fingerprint density at radius 3 is 2.25 bits per heavy atom. The number of aliphatic hydroxyl groups is 1. The first-order chi connectivity index (χ1) is 9.40. The van der Waals surface area contributed by atoms with Crippen LogP contribution >= 0.6 is 0 Å². The average Bonchev–Trinajstić information content (AvgIpc) is 2.41. The molecule has 2 nitrogen and oxygen atoms in total. The Morgan fingerprint density at radius 1 is 1.10 bits per heavy atom. The van der Waals surface area contributed by atoms with E-state index in [1.54, 1.807) is 44.0 Å². The summed E-state index contributed by atoms with van der Waals surface area (Å²) in [6.07, 6.45) is -0.789. The van der Waals surface area contributed by atoms with Crippen LogP contribution in [0.5, 0.6) is 0 Å². The highest BCUT2D eigenvalue weighted by atomic mass is 19.1. The van der Waals surface area contributed by atoms with E-state index in [0.717, 1.165) is 5.69 Å². The maximum Gasteiger partial charge on any atom is 0.126 e. The molecule has 4 heteroatoms. The van der Waals surface area contributed by atoms with E-state index in [-0.39, 0.29) is 11.6 Å². The highest BCUT2D eigenvalue weighted by Gasteiger charge is 2.16. The topological polar surface area (TPSA) is 23.5 Å². The van der Waals surface area contributed by atoms with E-state index in [2.05, 4.69) is 0 Å². The number of aryl methyl sites for hydroxylation is 1. The molecule has 0 amide bonds. The first-order valence-corrected chi connectivity index (χ1v) is 6.37. The Balaban J connectivity index is 2.50. The van der Waals surface area contributed by atoms with Gasteiger partial charge in [-0.05, 0) is 55.8 Å². The van der Waals surface area contributed by atoms with Crippen LogP contribution in [0.1, 0.15) is 24.2 Å². The van der Waals surface area contributed by atoms with Gasteiger partial charge in [0.15, 0.2) is 0 Å². The van der Waals surface area contributed by atoms with Crippen molar-refractivity contribution in [2.45, 2.75) is 20.0 Å². The van der Waals surface area contributed by atoms with Crippen LogP contribution in [0.25, 0.3) is 0 Å². The number of hydrogen-bond donors (Lipinski definition) is 1. The molecular weight excluding hydrogens is 260 g/mol. The summed E-state index contributed by atoms with van der Waals surface area (Å²) in [7, 11) is 1.80. The van der Waals surface area contributed by atoms with Crippen molar-refractivity contribution in [3.8, 4) is 0 Å². The molecule has 1 N–H and O–H groups in total. The Bertz CT molecular complexity index is 609. The van der Waals surface area contributed by atoms with E-state index < -0.39 is 6.10 Å². The molecule has 0 aliphatic heterocycles. The minimum atomic E-state index is -0.789. The Hall–Kier alpha value is -1.94. The molecule has 0 saturated carbocycles. The molecule has 20 heavy (non-hydrogen) atoms. The predicted octanol–water partition coefficient (Wildman–Crippen LogP) is 4.09. The highest BCUT2D eigenvalue weighted by molar-refractivity contribution is 5.67. The van der Waals surface area contributed by atoms with Gasteiger partial charge in [-0.25, -0.2) is 8.78 Å². The molecule has 2 rings (SSSR count). The molecule has 0 aromatic heterocycles. The lowest BCUT2D eigenvalue weighted by molar-refractivity contribution is 0.199. The number of nitrogens with zero attached hydrogens (tertiary/aromatic N) is 1. The number of anilines is 2. The molecule has 0 aliphatic carbocycles. The molecule has 0 fully saturated rings. The molecule has 0 bridgehead atoms. The molecular formula is C16H17F2NO. The lowest BCUT2D eigenvalue weighted by Crippen LogP contribution is -2.13. The SMILES string of the molecule is Cc1cc(N(C)c2ccc(F)cc2)c([C@@H](C)O)cc1F. The minimum Gasteiger partial charge on any atom is -0.389 e. The minimum absolute atomic E-state index is 0.312. The molecule has 106 valence electrons. The van der Waals surface area contributed by atoms with Crippen molar-refractivity contribution in [3.05, 3.63) is 59.2 Å². The summed E-state index contributed by atoms with van der Waals surface area (Å²) in [6.45, 7) is 3.26. The second kappa shape index (κ2) is 5.59. The van der Waals surface area contributed by atoms with Crippen LogP contribution in [0.3, 0.4) is 0 Å². The Kier molecular flexibility index (Phi) is 4.04. The van der Waals surface area contributed by atoms with Crippen LogP contribution in [-0.2, 0) is 0 Å². The molecule has 0 radical (unpaired) electrons. The van der Waals surface area contributed by atoms with Gasteiger partial charge in [0.2, 0.25) is 0 Å². The van der Waals surface area contributed by atoms with Crippen LogP contribution in [0.2, 0.25) is 0 Å². The van der Waals surface area contributed by atoms with Gasteiger partial charge >= 0.3 is 0 Å². The van der Waals surface area contributed by atoms with E-state index in [4.69, 9.17) is 0 Å². The molecule has 2 aromatic rings. The summed E-state index contributed by atoms with van der Waals surface area (Å²) in [6, 6.07) is 9.03. The molecule has 1 atom stereocenters. The third kappa shape index (κ3) is 2.80. The van der Waals surface area contributed by atoms with Gasteiger partial charge in [-0.2, -0.15) is 0 Å². The zero-order valence-electron chi connectivity index (χ0n) is 11.7. The van der Waals surface area contributed by atoms with Gasteiger partial charge in [0.25, 0.3) is 0 Å². The number of benzene rings is 2. The van der Waals surface area contributed by atoms with Crippen LogP contribution in [0.15, 0.2) is 36.4 Å². The third-order valence-corrected chi connectivity index (χ3v) is 3.33. The first-order valence-electron chi connectivity index (χ1n) is 6.37. The molecule has 0 saturated heterocycles. The normalized spacial score (nSPS) is 12.3. The maximum absolute atomic E-state index is 13.7. The van der Waals surface area contributed by atoms with Gasteiger partial charge in [0.05, 0.1) is 6.10 Å². The zero-order valence-corrected chi connectivity index (χ0v) is 11.7. The van der Waals surface area contributed by atoms with Gasteiger partial charge in [0.1, 0.15) is 11.6 Å². The van der Waals surface area contributed by atoms with Crippen molar-refractivity contribution >= 4 is 11.4 Å². The van der Waals surface area contributed by atoms with Crippen LogP contribution in [0.4, 0.5) is 20.2 Å². The zero-order chi connectivity index (χ0) is 14.9. The first kappa shape index (κ1) is 14.5. The quantitative estimate of drug-likeness (QED) is 0.913. The summed E-state index contributed by atoms with van der Waals surface area (Å²) in [5.41, 5.74) is 2.46. The standard InChI is InChI=1S/C16H17F2NO/c1-10-8-16(14(11(2)20)9-15(10)18)19(3)13-6-4-12(17)5-7-13/h4-9,11,20H,1-3H3/t11-/m1/s1. The monoisotopic (exact) mass is 277 g/mol. The summed E-state index contributed by atoms with van der Waals surface area (Å²) in [5, 5.41) is 9.81. The van der Waals surface area contributed by atoms with Crippen LogP contribution in [0, 0.1) is 18.6 Å². The molecule has 2 aromatic carbocycles. The number of hydrogen-bond acceptors (Lipinski definition) is 2. The summed E-state index contributed by atoms with van der Waals surface area (Å²) < 4.78 is 26.6. The van der Waals surface area contributed by atoms with Gasteiger partial charge in [-0.15, -0.1) is 0 Å². The summed E-state index contributed by atoms with van der Waals surface area (Å²) in [4.78, 5) is 1.80. The second-order valence-corrected chi connectivity index (χ2v) is 4.87. The lowest BCUT2D eigenvalue weighted by atomic mass is 10.0. The lowest BCUT2D eigenvalue weighted by Gasteiger charge is -2.24. The molecule has 0 aliphatic rings. The molecule has 0 heterocycles. The van der Waals surface area contributed by atoms with Crippen molar-refractivity contribution < 1.29 is 13.9 Å². The second-order valence-electron chi connectivity index (χ2n) is 4.87. The van der Waals surface area contributed by atoms with Crippen molar-refractivity contribution in [3.63, 3.8) is 0 Å². The van der Waals surface area contributed by atoms with Crippen molar-refractivity contribution in [1.82, 2.24) is 0 Å². The van der Waals surface area contributed by atoms with Gasteiger partial charge < -0.3 is 10.0 Å². The number of aliphatic hydroxyl groups excluding tert-OH is 1. The van der Waals surface area contributed by atoms with Gasteiger partial charge in [-0.3, -0.25) is 0 Å². The number of rotatable bonds is 3. The fourth-order valence-electron chi connectivity index (χ4n) is 2.11. The average molecular weight is 277 g/mol. The van der Waals surface area contributed by atoms with E-state index in [1.807, 2.05) is 0 Å². The van der Waals surface area contributed by atoms with Crippen molar-refractivity contribution in [2.75, 3.05) is 11.9 Å². The van der Waals surface area contributed by atoms with Crippen LogP contribution < -0.4 is 4.90 Å². The van der Waals surface area contributed by atoms with E-state index in [1.165, 1.54) is 18.2 Å². The fourth-order valence-corrected chi connectivity index (χ4v) is 2.11. The van der Waals surface area contributed by atoms with E-state index in [0.29, 0.717) is 16.8 Å². The van der Waals surface area contributed by atoms with Crippen molar-refractivity contribution in [1.29, 1.82) is 0 Å². The summed E-state index contributed by atoms with van der Waals surface area (Å²) >= 11 is 0.